The van der Waals surface area contributed by atoms with E-state index in [0.29, 0.717) is 24.1 Å². The van der Waals surface area contributed by atoms with Gasteiger partial charge in [-0.3, -0.25) is 29.0 Å². The highest BCUT2D eigenvalue weighted by Crippen LogP contribution is 2.25. The standard InChI is InChI=1S/C33H44N6O6/c1-19(2)28-29(41)35-26(18-27(40)38(6)7)30(42)39-16-8-9-24(37-39)31(43)45-20(3)23-13-12-22-11-10-21(17-25(22)34-23)14-15-33(4,5)32(44)36-28/h10-15,17,19-20,24,26,28,37H,8-9,16,18H2,1-7H3,(H,35,41)(H,36,44)/b15-14+/t20-,24+,26+,28+/m1/s1. The van der Waals surface area contributed by atoms with E-state index in [9.17, 15) is 24.0 Å². The molecule has 4 atom stereocenters. The summed E-state index contributed by atoms with van der Waals surface area (Å²) in [5.41, 5.74) is 4.04. The highest BCUT2D eigenvalue weighted by molar-refractivity contribution is 5.96. The Labute approximate surface area is 263 Å². The van der Waals surface area contributed by atoms with Gasteiger partial charge in [-0.15, -0.1) is 0 Å². The van der Waals surface area contributed by atoms with Gasteiger partial charge in [-0.25, -0.2) is 10.4 Å². The van der Waals surface area contributed by atoms with Crippen molar-refractivity contribution in [2.45, 2.75) is 78.1 Å². The maximum absolute atomic E-state index is 13.8. The van der Waals surface area contributed by atoms with Gasteiger partial charge in [-0.1, -0.05) is 44.2 Å². The van der Waals surface area contributed by atoms with E-state index in [-0.39, 0.29) is 30.7 Å². The number of benzene rings is 1. The first-order valence-corrected chi connectivity index (χ1v) is 15.4. The van der Waals surface area contributed by atoms with Crippen molar-refractivity contribution in [3.63, 3.8) is 0 Å². The van der Waals surface area contributed by atoms with Gasteiger partial charge >= 0.3 is 5.97 Å². The monoisotopic (exact) mass is 620 g/mol. The number of carbonyl (C=O) groups excluding carboxylic acids is 5. The van der Waals surface area contributed by atoms with Crippen LogP contribution in [0.4, 0.5) is 0 Å². The molecule has 45 heavy (non-hydrogen) atoms. The van der Waals surface area contributed by atoms with E-state index >= 15 is 0 Å². The fourth-order valence-corrected chi connectivity index (χ4v) is 5.16. The summed E-state index contributed by atoms with van der Waals surface area (Å²) < 4.78 is 5.78. The smallest absolute Gasteiger partial charge is 0.325 e. The Hall–Kier alpha value is -4.32. The summed E-state index contributed by atoms with van der Waals surface area (Å²) in [5.74, 6) is -2.78. The van der Waals surface area contributed by atoms with Gasteiger partial charge in [0.1, 0.15) is 24.2 Å². The van der Waals surface area contributed by atoms with Crippen molar-refractivity contribution >= 4 is 46.6 Å². The highest BCUT2D eigenvalue weighted by atomic mass is 16.5. The molecule has 0 saturated carbocycles. The molecule has 0 spiro atoms. The van der Waals surface area contributed by atoms with Crippen LogP contribution >= 0.6 is 0 Å². The van der Waals surface area contributed by atoms with E-state index in [4.69, 9.17) is 9.72 Å². The SMILES string of the molecule is CC(C)[C@@H]1NC(=O)C(C)(C)/C=C/c2ccc3ccc(nc3c2)[C@@H](C)OC(=O)[C@@H]2CCCN(N2)C(=O)[C@H](CC(=O)N(C)C)NC1=O. The van der Waals surface area contributed by atoms with Crippen LogP contribution in [0.15, 0.2) is 36.4 Å². The number of aromatic nitrogens is 1. The third-order valence-electron chi connectivity index (χ3n) is 8.19. The first-order chi connectivity index (χ1) is 21.2. The number of pyridine rings is 1. The van der Waals surface area contributed by atoms with E-state index in [2.05, 4.69) is 16.1 Å². The van der Waals surface area contributed by atoms with E-state index in [0.717, 1.165) is 10.9 Å². The minimum absolute atomic E-state index is 0.264. The molecule has 2 aliphatic heterocycles. The number of ether oxygens (including phenoxy) is 1. The summed E-state index contributed by atoms with van der Waals surface area (Å²) in [6.07, 6.45) is 3.55. The molecule has 1 saturated heterocycles. The van der Waals surface area contributed by atoms with Gasteiger partial charge in [0.15, 0.2) is 0 Å². The maximum atomic E-state index is 13.8. The molecular weight excluding hydrogens is 576 g/mol. The van der Waals surface area contributed by atoms with Gasteiger partial charge in [0, 0.05) is 26.0 Å². The molecule has 1 aromatic heterocycles. The number of cyclic esters (lactones) is 1. The van der Waals surface area contributed by atoms with Gasteiger partial charge in [0.25, 0.3) is 5.91 Å². The summed E-state index contributed by atoms with van der Waals surface area (Å²) in [6, 6.07) is 6.43. The molecule has 2 aliphatic rings. The highest BCUT2D eigenvalue weighted by Gasteiger charge is 2.37. The average Bonchev–Trinajstić information content (AvgIpc) is 3.00. The zero-order valence-corrected chi connectivity index (χ0v) is 27.0. The lowest BCUT2D eigenvalue weighted by molar-refractivity contribution is -0.157. The molecule has 0 radical (unpaired) electrons. The fraction of sp³-hybridized carbons (Fsp3) is 0.515. The van der Waals surface area contributed by atoms with Crippen molar-refractivity contribution in [1.29, 1.82) is 0 Å². The summed E-state index contributed by atoms with van der Waals surface area (Å²) >= 11 is 0. The molecule has 1 aromatic carbocycles. The number of hydrazine groups is 1. The number of rotatable bonds is 3. The number of nitrogens with one attached hydrogen (secondary N) is 3. The first kappa shape index (κ1) is 33.6. The van der Waals surface area contributed by atoms with E-state index in [1.807, 2.05) is 36.4 Å². The number of nitrogens with zero attached hydrogens (tertiary/aromatic N) is 3. The maximum Gasteiger partial charge on any atom is 0.325 e. The molecule has 242 valence electrons. The molecule has 4 rings (SSSR count). The minimum Gasteiger partial charge on any atom is -0.455 e. The van der Waals surface area contributed by atoms with Crippen LogP contribution in [0.1, 0.15) is 71.2 Å². The number of hydrogen-bond donors (Lipinski definition) is 3. The Balaban J connectivity index is 1.74. The van der Waals surface area contributed by atoms with E-state index < -0.39 is 47.4 Å². The van der Waals surface area contributed by atoms with Crippen molar-refractivity contribution in [1.82, 2.24) is 31.0 Å². The molecule has 12 nitrogen and oxygen atoms in total. The molecule has 5 bridgehead atoms. The zero-order chi connectivity index (χ0) is 33.1. The molecule has 0 unspecified atom stereocenters. The van der Waals surface area contributed by atoms with Crippen molar-refractivity contribution in [2.24, 2.45) is 11.3 Å². The predicted octanol–water partition coefficient (Wildman–Crippen LogP) is 2.49. The van der Waals surface area contributed by atoms with Crippen molar-refractivity contribution in [2.75, 3.05) is 20.6 Å². The molecule has 3 heterocycles. The average molecular weight is 621 g/mol. The normalized spacial score (nSPS) is 25.4. The molecule has 0 aliphatic carbocycles. The summed E-state index contributed by atoms with van der Waals surface area (Å²) in [5, 5.41) is 7.74. The fourth-order valence-electron chi connectivity index (χ4n) is 5.16. The lowest BCUT2D eigenvalue weighted by Gasteiger charge is -2.36. The first-order valence-electron chi connectivity index (χ1n) is 15.4. The Morgan fingerprint density at radius 2 is 1.82 bits per heavy atom. The van der Waals surface area contributed by atoms with Crippen LogP contribution in [-0.2, 0) is 28.7 Å². The van der Waals surface area contributed by atoms with Crippen molar-refractivity contribution in [3.8, 4) is 0 Å². The van der Waals surface area contributed by atoms with E-state index in [1.54, 1.807) is 54.8 Å². The van der Waals surface area contributed by atoms with Crippen LogP contribution in [-0.4, -0.2) is 83.3 Å². The van der Waals surface area contributed by atoms with Crippen molar-refractivity contribution < 1.29 is 28.7 Å². The lowest BCUT2D eigenvalue weighted by Crippen LogP contribution is -2.62. The van der Waals surface area contributed by atoms with Gasteiger partial charge in [-0.2, -0.15) is 0 Å². The molecule has 2 aromatic rings. The quantitative estimate of drug-likeness (QED) is 0.443. The molecule has 3 N–H and O–H groups in total. The van der Waals surface area contributed by atoms with Gasteiger partial charge in [0.05, 0.1) is 23.0 Å². The number of hydrogen-bond acceptors (Lipinski definition) is 8. The van der Waals surface area contributed by atoms with Gasteiger partial charge in [0.2, 0.25) is 17.7 Å². The predicted molar refractivity (Wildman–Crippen MR) is 169 cm³/mol. The zero-order valence-electron chi connectivity index (χ0n) is 27.0. The summed E-state index contributed by atoms with van der Waals surface area (Å²) in [6.45, 7) is 9.07. The third-order valence-corrected chi connectivity index (χ3v) is 8.19. The topological polar surface area (TPSA) is 150 Å². The van der Waals surface area contributed by atoms with Crippen LogP contribution < -0.4 is 16.1 Å². The number of fused-ring (bicyclic) bond motifs is 4. The lowest BCUT2D eigenvalue weighted by atomic mass is 9.89. The van der Waals surface area contributed by atoms with Gasteiger partial charge < -0.3 is 20.3 Å². The second-order valence-electron chi connectivity index (χ2n) is 12.9. The largest absolute Gasteiger partial charge is 0.455 e. The second-order valence-corrected chi connectivity index (χ2v) is 12.9. The molecule has 12 heteroatoms. The Morgan fingerprint density at radius 1 is 1.11 bits per heavy atom. The van der Waals surface area contributed by atoms with Gasteiger partial charge in [-0.05, 0) is 57.2 Å². The molecule has 1 fully saturated rings. The Bertz CT molecular complexity index is 1500. The number of carbonyl (C=O) groups is 5. The third kappa shape index (κ3) is 8.05. The van der Waals surface area contributed by atoms with Crippen LogP contribution in [0.3, 0.4) is 0 Å². The Morgan fingerprint density at radius 3 is 2.51 bits per heavy atom. The summed E-state index contributed by atoms with van der Waals surface area (Å²) in [4.78, 5) is 73.0. The van der Waals surface area contributed by atoms with Crippen LogP contribution in [0, 0.1) is 11.3 Å². The summed E-state index contributed by atoms with van der Waals surface area (Å²) in [7, 11) is 3.12. The van der Waals surface area contributed by atoms with Crippen LogP contribution in [0.25, 0.3) is 17.0 Å². The number of amides is 4. The van der Waals surface area contributed by atoms with Crippen LogP contribution in [0.2, 0.25) is 0 Å². The molecule has 4 amide bonds. The van der Waals surface area contributed by atoms with Crippen LogP contribution in [0.5, 0.6) is 0 Å². The van der Waals surface area contributed by atoms with E-state index in [1.165, 1.54) is 9.91 Å². The number of esters is 1. The Kier molecular flexibility index (Phi) is 10.3. The minimum atomic E-state index is -1.24. The second kappa shape index (κ2) is 13.8. The molecular formula is C33H44N6O6. The van der Waals surface area contributed by atoms with Crippen molar-refractivity contribution in [3.05, 3.63) is 47.7 Å².